The third-order valence-electron chi connectivity index (χ3n) is 4.99. The maximum absolute atomic E-state index is 13.4. The summed E-state index contributed by atoms with van der Waals surface area (Å²) in [5.41, 5.74) is 1.35. The fraction of sp³-hybridized carbons (Fsp3) is 0.286. The number of piperazine rings is 1. The molecule has 10 heteroatoms. The summed E-state index contributed by atoms with van der Waals surface area (Å²) in [4.78, 5) is 6.37. The van der Waals surface area contributed by atoms with Gasteiger partial charge in [-0.05, 0) is 48.9 Å². The molecule has 1 fully saturated rings. The monoisotopic (exact) mass is 442 g/mol. The lowest BCUT2D eigenvalue weighted by Gasteiger charge is -2.34. The Labute approximate surface area is 180 Å². The number of nitrogens with one attached hydrogen (secondary N) is 1. The lowest BCUT2D eigenvalue weighted by molar-refractivity contribution is 0.383. The number of halogens is 1. The van der Waals surface area contributed by atoms with Crippen molar-refractivity contribution in [2.24, 2.45) is 0 Å². The molecule has 1 N–H and O–H groups in total. The van der Waals surface area contributed by atoms with E-state index >= 15 is 0 Å². The molecule has 4 rings (SSSR count). The van der Waals surface area contributed by atoms with Gasteiger partial charge in [0.25, 0.3) is 0 Å². The third-order valence-corrected chi connectivity index (χ3v) is 6.84. The van der Waals surface area contributed by atoms with Crippen LogP contribution in [0.15, 0.2) is 54.6 Å². The lowest BCUT2D eigenvalue weighted by Crippen LogP contribution is -2.49. The number of rotatable bonds is 6. The Bertz CT molecular complexity index is 1150. The highest BCUT2D eigenvalue weighted by atomic mass is 32.2. The highest BCUT2D eigenvalue weighted by Crippen LogP contribution is 2.19. The summed E-state index contributed by atoms with van der Waals surface area (Å²) in [6, 6.07) is 15.0. The molecule has 1 aliphatic heterocycles. The van der Waals surface area contributed by atoms with Crippen molar-refractivity contribution in [2.75, 3.05) is 36.4 Å². The van der Waals surface area contributed by atoms with Gasteiger partial charge in [-0.2, -0.15) is 4.31 Å². The van der Waals surface area contributed by atoms with Gasteiger partial charge in [0.2, 0.25) is 10.0 Å². The molecule has 1 aliphatic rings. The minimum absolute atomic E-state index is 0.210. The molecular weight excluding hydrogens is 419 g/mol. The van der Waals surface area contributed by atoms with Crippen LogP contribution in [0.2, 0.25) is 0 Å². The number of hydrogen-bond donors (Lipinski definition) is 1. The fourth-order valence-electron chi connectivity index (χ4n) is 3.43. The second kappa shape index (κ2) is 8.94. The lowest BCUT2D eigenvalue weighted by atomic mass is 10.2. The summed E-state index contributed by atoms with van der Waals surface area (Å²) in [5, 5.41) is 11.6. The predicted octanol–water partition coefficient (Wildman–Crippen LogP) is 2.71. The summed E-state index contributed by atoms with van der Waals surface area (Å²) >= 11 is 0. The normalized spacial score (nSPS) is 15.1. The number of nitrogens with zero attached hydrogens (tertiary/aromatic N) is 5. The van der Waals surface area contributed by atoms with E-state index in [1.807, 2.05) is 42.2 Å². The van der Waals surface area contributed by atoms with E-state index in [4.69, 9.17) is 0 Å². The first-order valence-corrected chi connectivity index (χ1v) is 11.5. The van der Waals surface area contributed by atoms with Crippen LogP contribution >= 0.6 is 0 Å². The first-order chi connectivity index (χ1) is 14.9. The zero-order valence-electron chi connectivity index (χ0n) is 17.1. The molecule has 8 nitrogen and oxygen atoms in total. The van der Waals surface area contributed by atoms with Crippen LogP contribution in [-0.4, -0.2) is 54.1 Å². The Morgan fingerprint density at radius 2 is 1.74 bits per heavy atom. The molecule has 162 valence electrons. The molecule has 0 saturated carbocycles. The summed E-state index contributed by atoms with van der Waals surface area (Å²) in [7, 11) is -3.52. The van der Waals surface area contributed by atoms with Gasteiger partial charge in [0.15, 0.2) is 11.6 Å². The molecule has 0 unspecified atom stereocenters. The highest BCUT2D eigenvalue weighted by molar-refractivity contribution is 7.88. The molecular formula is C21H23FN6O2S. The molecule has 3 heterocycles. The standard InChI is InChI=1S/C21H23FN6O2S/c1-16-4-2-7-19(23-16)24-20-8-9-21(26-25-20)27-10-12-28(13-11-27)31(29,30)15-17-5-3-6-18(22)14-17/h2-9,14H,10-13,15H2,1H3,(H,23,24,25). The van der Waals surface area contributed by atoms with Gasteiger partial charge < -0.3 is 10.2 Å². The van der Waals surface area contributed by atoms with Gasteiger partial charge in [0, 0.05) is 31.9 Å². The Hall–Kier alpha value is -3.11. The first kappa shape index (κ1) is 21.1. The van der Waals surface area contributed by atoms with Gasteiger partial charge in [-0.1, -0.05) is 18.2 Å². The van der Waals surface area contributed by atoms with Gasteiger partial charge in [0.05, 0.1) is 5.75 Å². The van der Waals surface area contributed by atoms with E-state index in [0.717, 1.165) is 5.69 Å². The van der Waals surface area contributed by atoms with Crippen LogP contribution in [0, 0.1) is 12.7 Å². The highest BCUT2D eigenvalue weighted by Gasteiger charge is 2.27. The smallest absolute Gasteiger partial charge is 0.218 e. The van der Waals surface area contributed by atoms with Crippen molar-refractivity contribution in [3.63, 3.8) is 0 Å². The zero-order valence-corrected chi connectivity index (χ0v) is 17.9. The Balaban J connectivity index is 1.35. The number of sulfonamides is 1. The SMILES string of the molecule is Cc1cccc(Nc2ccc(N3CCN(S(=O)(=O)Cc4cccc(F)c4)CC3)nn2)n1. The van der Waals surface area contributed by atoms with Gasteiger partial charge in [-0.15, -0.1) is 10.2 Å². The third kappa shape index (κ3) is 5.33. The average Bonchev–Trinajstić information content (AvgIpc) is 2.74. The van der Waals surface area contributed by atoms with E-state index in [-0.39, 0.29) is 5.75 Å². The zero-order chi connectivity index (χ0) is 21.8. The second-order valence-corrected chi connectivity index (χ2v) is 9.31. The van der Waals surface area contributed by atoms with E-state index in [9.17, 15) is 12.8 Å². The van der Waals surface area contributed by atoms with Crippen molar-refractivity contribution >= 4 is 27.5 Å². The van der Waals surface area contributed by atoms with Crippen LogP contribution < -0.4 is 10.2 Å². The Morgan fingerprint density at radius 1 is 0.968 bits per heavy atom. The van der Waals surface area contributed by atoms with Gasteiger partial charge >= 0.3 is 0 Å². The molecule has 0 amide bonds. The molecule has 1 saturated heterocycles. The largest absolute Gasteiger partial charge is 0.352 e. The summed E-state index contributed by atoms with van der Waals surface area (Å²) in [6.45, 7) is 3.60. The Morgan fingerprint density at radius 3 is 2.42 bits per heavy atom. The number of pyridine rings is 1. The average molecular weight is 443 g/mol. The van der Waals surface area contributed by atoms with Crippen LogP contribution in [0.3, 0.4) is 0 Å². The van der Waals surface area contributed by atoms with Crippen LogP contribution in [-0.2, 0) is 15.8 Å². The van der Waals surface area contributed by atoms with Gasteiger partial charge in [-0.25, -0.2) is 17.8 Å². The van der Waals surface area contributed by atoms with Crippen molar-refractivity contribution in [3.05, 3.63) is 71.7 Å². The number of anilines is 3. The number of aromatic nitrogens is 3. The van der Waals surface area contributed by atoms with Crippen molar-refractivity contribution in [1.82, 2.24) is 19.5 Å². The van der Waals surface area contributed by atoms with Crippen LogP contribution in [0.5, 0.6) is 0 Å². The molecule has 2 aromatic heterocycles. The molecule has 0 aliphatic carbocycles. The van der Waals surface area contributed by atoms with E-state index in [1.54, 1.807) is 6.07 Å². The number of aryl methyl sites for hydroxylation is 1. The van der Waals surface area contributed by atoms with E-state index in [0.29, 0.717) is 49.2 Å². The van der Waals surface area contributed by atoms with Crippen molar-refractivity contribution < 1.29 is 12.8 Å². The van der Waals surface area contributed by atoms with Gasteiger partial charge in [0.1, 0.15) is 11.6 Å². The molecule has 3 aromatic rings. The summed E-state index contributed by atoms with van der Waals surface area (Å²) < 4.78 is 40.2. The number of hydrogen-bond acceptors (Lipinski definition) is 7. The molecule has 0 atom stereocenters. The second-order valence-electron chi connectivity index (χ2n) is 7.34. The topological polar surface area (TPSA) is 91.3 Å². The molecule has 0 radical (unpaired) electrons. The van der Waals surface area contributed by atoms with Crippen LogP contribution in [0.25, 0.3) is 0 Å². The first-order valence-electron chi connectivity index (χ1n) is 9.91. The quantitative estimate of drug-likeness (QED) is 0.628. The van der Waals surface area contributed by atoms with Crippen molar-refractivity contribution in [2.45, 2.75) is 12.7 Å². The van der Waals surface area contributed by atoms with Crippen molar-refractivity contribution in [1.29, 1.82) is 0 Å². The van der Waals surface area contributed by atoms with Gasteiger partial charge in [-0.3, -0.25) is 0 Å². The maximum Gasteiger partial charge on any atom is 0.218 e. The molecule has 0 bridgehead atoms. The summed E-state index contributed by atoms with van der Waals surface area (Å²) in [5.74, 6) is 1.31. The predicted molar refractivity (Wildman–Crippen MR) is 117 cm³/mol. The summed E-state index contributed by atoms with van der Waals surface area (Å²) in [6.07, 6.45) is 0. The van der Waals surface area contributed by atoms with Crippen LogP contribution in [0.1, 0.15) is 11.3 Å². The molecule has 0 spiro atoms. The van der Waals surface area contributed by atoms with Crippen LogP contribution in [0.4, 0.5) is 21.8 Å². The van der Waals surface area contributed by atoms with E-state index in [1.165, 1.54) is 22.5 Å². The minimum atomic E-state index is -3.52. The number of benzene rings is 1. The molecule has 1 aromatic carbocycles. The van der Waals surface area contributed by atoms with E-state index in [2.05, 4.69) is 20.5 Å². The fourth-order valence-corrected chi connectivity index (χ4v) is 4.93. The Kier molecular flexibility index (Phi) is 6.10. The van der Waals surface area contributed by atoms with E-state index < -0.39 is 15.8 Å². The van der Waals surface area contributed by atoms with Crippen molar-refractivity contribution in [3.8, 4) is 0 Å². The molecule has 31 heavy (non-hydrogen) atoms. The minimum Gasteiger partial charge on any atom is -0.352 e. The maximum atomic E-state index is 13.4.